The number of carbonyl (C=O) groups is 5. The van der Waals surface area contributed by atoms with Gasteiger partial charge in [-0.25, -0.2) is 14.6 Å². The van der Waals surface area contributed by atoms with E-state index in [0.717, 1.165) is 9.80 Å². The number of nitrogens with zero attached hydrogens (tertiary/aromatic N) is 2. The lowest BCUT2D eigenvalue weighted by Gasteiger charge is -2.59. The quantitative estimate of drug-likeness (QED) is 0.313. The first-order chi connectivity index (χ1) is 18.1. The number of anilines is 2. The molecule has 4 amide bonds. The van der Waals surface area contributed by atoms with Gasteiger partial charge in [0.15, 0.2) is 0 Å². The molecular formula is C29H25BrN2O6. The van der Waals surface area contributed by atoms with Crippen molar-refractivity contribution >= 4 is 56.9 Å². The Morgan fingerprint density at radius 1 is 0.789 bits per heavy atom. The van der Waals surface area contributed by atoms with Gasteiger partial charge in [0.25, 0.3) is 0 Å². The van der Waals surface area contributed by atoms with Crippen molar-refractivity contribution in [2.24, 2.45) is 29.1 Å². The van der Waals surface area contributed by atoms with Crippen LogP contribution in [0.1, 0.15) is 20.8 Å². The molecule has 194 valence electrons. The number of carbonyl (C=O) groups excluding carboxylic acids is 5. The number of allylic oxidation sites excluding steroid dienone is 1. The fraction of sp³-hybridized carbons (Fsp3) is 0.345. The second-order valence-corrected chi connectivity index (χ2v) is 11.7. The Morgan fingerprint density at radius 2 is 1.18 bits per heavy atom. The Bertz CT molecular complexity index is 1370. The van der Waals surface area contributed by atoms with Gasteiger partial charge >= 0.3 is 5.97 Å². The minimum Gasteiger partial charge on any atom is -0.463 e. The zero-order valence-corrected chi connectivity index (χ0v) is 22.6. The van der Waals surface area contributed by atoms with Gasteiger partial charge in [-0.05, 0) is 43.7 Å². The summed E-state index contributed by atoms with van der Waals surface area (Å²) in [6.07, 6.45) is 0. The maximum absolute atomic E-state index is 14.1. The van der Waals surface area contributed by atoms with E-state index in [1.807, 2.05) is 0 Å². The number of ether oxygens (including phenoxy) is 1. The molecule has 2 unspecified atom stereocenters. The number of amides is 4. The largest absolute Gasteiger partial charge is 0.463 e. The van der Waals surface area contributed by atoms with Crippen molar-refractivity contribution in [3.8, 4) is 0 Å². The minimum atomic E-state index is -1.45. The first-order valence-electron chi connectivity index (χ1n) is 12.5. The molecule has 2 heterocycles. The van der Waals surface area contributed by atoms with Crippen LogP contribution in [-0.4, -0.2) is 40.5 Å². The van der Waals surface area contributed by atoms with Crippen LogP contribution in [0.2, 0.25) is 0 Å². The van der Waals surface area contributed by atoms with Crippen molar-refractivity contribution in [3.63, 3.8) is 0 Å². The van der Waals surface area contributed by atoms with Crippen LogP contribution in [0, 0.1) is 29.1 Å². The number of imide groups is 2. The summed E-state index contributed by atoms with van der Waals surface area (Å²) in [6.45, 7) is 5.13. The summed E-state index contributed by atoms with van der Waals surface area (Å²) < 4.78 is 3.99. The zero-order chi connectivity index (χ0) is 27.1. The molecule has 0 aromatic heterocycles. The van der Waals surface area contributed by atoms with Crippen LogP contribution in [0.5, 0.6) is 0 Å². The van der Waals surface area contributed by atoms with Gasteiger partial charge in [0.05, 0.1) is 46.0 Å². The molecule has 2 aromatic rings. The van der Waals surface area contributed by atoms with Gasteiger partial charge in [0.2, 0.25) is 23.6 Å². The third kappa shape index (κ3) is 2.77. The van der Waals surface area contributed by atoms with Gasteiger partial charge in [-0.2, -0.15) is 0 Å². The Kier molecular flexibility index (Phi) is 5.34. The van der Waals surface area contributed by atoms with Crippen LogP contribution >= 0.6 is 15.9 Å². The van der Waals surface area contributed by atoms with Crippen molar-refractivity contribution in [2.45, 2.75) is 25.1 Å². The third-order valence-corrected chi connectivity index (χ3v) is 10.4. The molecule has 0 radical (unpaired) electrons. The van der Waals surface area contributed by atoms with Crippen molar-refractivity contribution in [2.75, 3.05) is 16.4 Å². The molecule has 0 spiro atoms. The van der Waals surface area contributed by atoms with Crippen molar-refractivity contribution in [1.29, 1.82) is 0 Å². The SMILES string of the molecule is CCOC(=O)C1=C(C)C2(Br)[C@@H]3C(=O)N(c4ccccc4)C(=O)[C@H]3C1(C)[C@H]1C(=O)N(c3ccccc3)C(=O)[C@H]12. The van der Waals surface area contributed by atoms with E-state index >= 15 is 0 Å². The lowest BCUT2D eigenvalue weighted by Crippen LogP contribution is -2.67. The van der Waals surface area contributed by atoms with Gasteiger partial charge in [-0.1, -0.05) is 59.3 Å². The number of halogens is 1. The molecule has 7 rings (SSSR count). The molecule has 38 heavy (non-hydrogen) atoms. The molecule has 1 saturated carbocycles. The smallest absolute Gasteiger partial charge is 0.334 e. The number of benzene rings is 2. The van der Waals surface area contributed by atoms with Gasteiger partial charge < -0.3 is 4.74 Å². The molecule has 2 aromatic carbocycles. The third-order valence-electron chi connectivity index (χ3n) is 8.81. The molecular weight excluding hydrogens is 552 g/mol. The molecule has 3 aliphatic carbocycles. The number of hydrogen-bond donors (Lipinski definition) is 0. The van der Waals surface area contributed by atoms with Crippen LogP contribution in [0.25, 0.3) is 0 Å². The van der Waals surface area contributed by atoms with Gasteiger partial charge in [0.1, 0.15) is 0 Å². The Balaban J connectivity index is 1.61. The summed E-state index contributed by atoms with van der Waals surface area (Å²) in [5.41, 5.74) is -0.00710. The molecule has 2 saturated heterocycles. The second kappa shape index (κ2) is 8.20. The molecule has 3 fully saturated rings. The van der Waals surface area contributed by atoms with E-state index in [9.17, 15) is 24.0 Å². The number of hydrogen-bond acceptors (Lipinski definition) is 6. The van der Waals surface area contributed by atoms with Crippen LogP contribution in [-0.2, 0) is 28.7 Å². The Labute approximate surface area is 227 Å². The second-order valence-electron chi connectivity index (χ2n) is 10.4. The zero-order valence-electron chi connectivity index (χ0n) is 21.0. The standard InChI is InChI=1S/C29H25BrN2O6/c1-4-38-27(37)18-15(2)29(30)21-19(23(33)31(25(21)35)16-11-7-5-8-12-16)28(18,3)20-22(29)26(36)32(24(20)34)17-13-9-6-10-14-17/h5-14,19-22H,4H2,1-3H3/t19-,20+,21-,22-,28?,29?/m0/s1. The highest BCUT2D eigenvalue weighted by Crippen LogP contribution is 2.72. The molecule has 8 nitrogen and oxygen atoms in total. The summed E-state index contributed by atoms with van der Waals surface area (Å²) in [5, 5.41) is 0. The lowest BCUT2D eigenvalue weighted by molar-refractivity contribution is -0.152. The summed E-state index contributed by atoms with van der Waals surface area (Å²) >= 11 is 3.77. The van der Waals surface area contributed by atoms with E-state index < -0.39 is 63.0 Å². The number of rotatable bonds is 4. The molecule has 5 aliphatic rings. The number of para-hydroxylation sites is 2. The highest BCUT2D eigenvalue weighted by atomic mass is 79.9. The van der Waals surface area contributed by atoms with E-state index in [2.05, 4.69) is 15.9 Å². The lowest BCUT2D eigenvalue weighted by atomic mass is 9.43. The van der Waals surface area contributed by atoms with E-state index in [1.54, 1.807) is 81.4 Å². The van der Waals surface area contributed by atoms with Crippen LogP contribution in [0.3, 0.4) is 0 Å². The molecule has 9 heteroatoms. The monoisotopic (exact) mass is 576 g/mol. The van der Waals surface area contributed by atoms with E-state index in [-0.39, 0.29) is 12.2 Å². The fourth-order valence-electron chi connectivity index (χ4n) is 7.39. The minimum absolute atomic E-state index is 0.0925. The van der Waals surface area contributed by atoms with Crippen molar-refractivity contribution < 1.29 is 28.7 Å². The maximum Gasteiger partial charge on any atom is 0.334 e. The predicted octanol–water partition coefficient (Wildman–Crippen LogP) is 3.64. The average molecular weight is 577 g/mol. The number of esters is 1. The topological polar surface area (TPSA) is 101 Å². The van der Waals surface area contributed by atoms with Crippen molar-refractivity contribution in [3.05, 3.63) is 71.8 Å². The first kappa shape index (κ1) is 24.7. The highest BCUT2D eigenvalue weighted by Gasteiger charge is 2.81. The maximum atomic E-state index is 14.1. The fourth-order valence-corrected chi connectivity index (χ4v) is 8.51. The highest BCUT2D eigenvalue weighted by molar-refractivity contribution is 9.10. The van der Waals surface area contributed by atoms with E-state index in [0.29, 0.717) is 16.9 Å². The van der Waals surface area contributed by atoms with E-state index in [1.165, 1.54) is 0 Å². The molecule has 6 atom stereocenters. The van der Waals surface area contributed by atoms with Crippen LogP contribution in [0.15, 0.2) is 71.8 Å². The Morgan fingerprint density at radius 3 is 1.58 bits per heavy atom. The van der Waals surface area contributed by atoms with Gasteiger partial charge in [0, 0.05) is 11.0 Å². The molecule has 0 N–H and O–H groups in total. The summed E-state index contributed by atoms with van der Waals surface area (Å²) in [7, 11) is 0. The molecule has 2 aliphatic heterocycles. The first-order valence-corrected chi connectivity index (χ1v) is 13.3. The predicted molar refractivity (Wildman–Crippen MR) is 141 cm³/mol. The average Bonchev–Trinajstić information content (AvgIpc) is 3.34. The summed E-state index contributed by atoms with van der Waals surface area (Å²) in [6, 6.07) is 17.1. The van der Waals surface area contributed by atoms with Gasteiger partial charge in [-0.15, -0.1) is 0 Å². The van der Waals surface area contributed by atoms with Crippen LogP contribution < -0.4 is 9.80 Å². The molecule has 2 bridgehead atoms. The van der Waals surface area contributed by atoms with E-state index in [4.69, 9.17) is 4.74 Å². The van der Waals surface area contributed by atoms with Crippen LogP contribution in [0.4, 0.5) is 11.4 Å². The summed E-state index contributed by atoms with van der Waals surface area (Å²) in [4.78, 5) is 72.2. The number of alkyl halides is 1. The normalized spacial score (nSPS) is 33.7. The Hall–Kier alpha value is -3.59. The summed E-state index contributed by atoms with van der Waals surface area (Å²) in [5.74, 6) is -6.66. The van der Waals surface area contributed by atoms with Gasteiger partial charge in [-0.3, -0.25) is 19.2 Å². The van der Waals surface area contributed by atoms with Crippen molar-refractivity contribution in [1.82, 2.24) is 0 Å².